The molecule has 1 aliphatic rings. The van der Waals surface area contributed by atoms with Crippen molar-refractivity contribution in [2.24, 2.45) is 5.92 Å². The lowest BCUT2D eigenvalue weighted by molar-refractivity contribution is -0.120. The predicted octanol–water partition coefficient (Wildman–Crippen LogP) is 3.74. The van der Waals surface area contributed by atoms with Crippen LogP contribution in [0.1, 0.15) is 23.2 Å². The van der Waals surface area contributed by atoms with Gasteiger partial charge < -0.3 is 15.5 Å². The van der Waals surface area contributed by atoms with E-state index in [1.54, 1.807) is 61.1 Å². The molecule has 0 aliphatic carbocycles. The van der Waals surface area contributed by atoms with Crippen LogP contribution in [-0.4, -0.2) is 39.9 Å². The number of carbonyl (C=O) groups excluding carboxylic acids is 2. The summed E-state index contributed by atoms with van der Waals surface area (Å²) in [6, 6.07) is 12.2. The Morgan fingerprint density at radius 3 is 2.45 bits per heavy atom. The van der Waals surface area contributed by atoms with Gasteiger partial charge in [-0.05, 0) is 65.2 Å². The number of amides is 2. The van der Waals surface area contributed by atoms with Gasteiger partial charge in [0, 0.05) is 53.3 Å². The van der Waals surface area contributed by atoms with Crippen LogP contribution in [0.25, 0.3) is 0 Å². The summed E-state index contributed by atoms with van der Waals surface area (Å²) in [4.78, 5) is 40.0. The number of hydrogen-bond donors (Lipinski definition) is 2. The molecule has 0 unspecified atom stereocenters. The SMILES string of the molecule is O=C(Nc1ccc(Br)cn1)c1cccc(NC(=O)C2CCN(c3ncccn3)CC2)c1. The molecule has 0 saturated carbocycles. The minimum atomic E-state index is -0.290. The third-order valence-corrected chi connectivity index (χ3v) is 5.53. The summed E-state index contributed by atoms with van der Waals surface area (Å²) < 4.78 is 0.831. The van der Waals surface area contributed by atoms with Gasteiger partial charge >= 0.3 is 0 Å². The van der Waals surface area contributed by atoms with Crippen LogP contribution in [0.15, 0.2) is 65.5 Å². The Hall–Kier alpha value is -3.33. The number of aromatic nitrogens is 3. The normalized spacial score (nSPS) is 14.2. The Bertz CT molecular complexity index is 1050. The zero-order valence-corrected chi connectivity index (χ0v) is 18.2. The van der Waals surface area contributed by atoms with Crippen LogP contribution in [0.3, 0.4) is 0 Å². The third-order valence-electron chi connectivity index (χ3n) is 5.06. The molecule has 3 aromatic rings. The molecular formula is C22H21BrN6O2. The average Bonchev–Trinajstić information content (AvgIpc) is 2.81. The lowest BCUT2D eigenvalue weighted by Crippen LogP contribution is -2.39. The van der Waals surface area contributed by atoms with Crippen LogP contribution in [0, 0.1) is 5.92 Å². The van der Waals surface area contributed by atoms with Crippen molar-refractivity contribution >= 4 is 45.2 Å². The quantitative estimate of drug-likeness (QED) is 0.576. The summed E-state index contributed by atoms with van der Waals surface area (Å²) >= 11 is 3.31. The standard InChI is InChI=1S/C22H21BrN6O2/c23-17-5-6-19(26-14-17)28-21(31)16-3-1-4-18(13-16)27-20(30)15-7-11-29(12-8-15)22-24-9-2-10-25-22/h1-6,9-10,13-15H,7-8,11-12H2,(H,27,30)(H,26,28,31). The number of piperidine rings is 1. The minimum Gasteiger partial charge on any atom is -0.341 e. The number of nitrogens with one attached hydrogen (secondary N) is 2. The second kappa shape index (κ2) is 9.65. The van der Waals surface area contributed by atoms with Crippen LogP contribution >= 0.6 is 15.9 Å². The van der Waals surface area contributed by atoms with Crippen molar-refractivity contribution in [3.8, 4) is 0 Å². The molecule has 3 heterocycles. The highest BCUT2D eigenvalue weighted by Gasteiger charge is 2.26. The van der Waals surface area contributed by atoms with Gasteiger partial charge in [-0.1, -0.05) is 6.07 Å². The van der Waals surface area contributed by atoms with Crippen molar-refractivity contribution in [1.29, 1.82) is 0 Å². The fraction of sp³-hybridized carbons (Fsp3) is 0.227. The first-order valence-corrected chi connectivity index (χ1v) is 10.7. The largest absolute Gasteiger partial charge is 0.341 e. The maximum atomic E-state index is 12.7. The summed E-state index contributed by atoms with van der Waals surface area (Å²) in [5.74, 6) is 0.726. The molecule has 4 rings (SSSR count). The Labute approximate surface area is 188 Å². The van der Waals surface area contributed by atoms with E-state index in [9.17, 15) is 9.59 Å². The highest BCUT2D eigenvalue weighted by molar-refractivity contribution is 9.10. The fourth-order valence-corrected chi connectivity index (χ4v) is 3.65. The third kappa shape index (κ3) is 5.43. The van der Waals surface area contributed by atoms with Gasteiger partial charge in [0.1, 0.15) is 5.82 Å². The molecule has 1 saturated heterocycles. The van der Waals surface area contributed by atoms with Crippen LogP contribution < -0.4 is 15.5 Å². The molecule has 9 heteroatoms. The number of pyridine rings is 1. The monoisotopic (exact) mass is 480 g/mol. The first-order valence-electron chi connectivity index (χ1n) is 9.94. The number of hydrogen-bond acceptors (Lipinski definition) is 6. The number of carbonyl (C=O) groups is 2. The first kappa shape index (κ1) is 20.9. The number of benzene rings is 1. The molecule has 0 atom stereocenters. The van der Waals surface area contributed by atoms with E-state index < -0.39 is 0 Å². The molecular weight excluding hydrogens is 460 g/mol. The summed E-state index contributed by atoms with van der Waals surface area (Å²) in [7, 11) is 0. The second-order valence-electron chi connectivity index (χ2n) is 7.20. The molecule has 0 spiro atoms. The van der Waals surface area contributed by atoms with E-state index in [1.807, 2.05) is 0 Å². The maximum Gasteiger partial charge on any atom is 0.256 e. The summed E-state index contributed by atoms with van der Waals surface area (Å²) in [6.07, 6.45) is 6.49. The van der Waals surface area contributed by atoms with E-state index in [1.165, 1.54) is 0 Å². The second-order valence-corrected chi connectivity index (χ2v) is 8.11. The van der Waals surface area contributed by atoms with E-state index >= 15 is 0 Å². The van der Waals surface area contributed by atoms with Gasteiger partial charge in [-0.2, -0.15) is 0 Å². The molecule has 2 aromatic heterocycles. The van der Waals surface area contributed by atoms with Crippen LogP contribution in [0.5, 0.6) is 0 Å². The maximum absolute atomic E-state index is 12.7. The summed E-state index contributed by atoms with van der Waals surface area (Å²) in [5, 5.41) is 5.69. The van der Waals surface area contributed by atoms with Gasteiger partial charge in [0.05, 0.1) is 0 Å². The average molecular weight is 481 g/mol. The molecule has 0 bridgehead atoms. The molecule has 1 aromatic carbocycles. The molecule has 0 radical (unpaired) electrons. The number of anilines is 3. The number of nitrogens with zero attached hydrogens (tertiary/aromatic N) is 4. The van der Waals surface area contributed by atoms with Crippen molar-refractivity contribution in [3.63, 3.8) is 0 Å². The summed E-state index contributed by atoms with van der Waals surface area (Å²) in [5.41, 5.74) is 1.04. The predicted molar refractivity (Wildman–Crippen MR) is 122 cm³/mol. The molecule has 1 aliphatic heterocycles. The van der Waals surface area contributed by atoms with Gasteiger partial charge in [0.25, 0.3) is 5.91 Å². The van der Waals surface area contributed by atoms with Crippen LogP contribution in [0.4, 0.5) is 17.5 Å². The Morgan fingerprint density at radius 2 is 1.74 bits per heavy atom. The van der Waals surface area contributed by atoms with Crippen LogP contribution in [-0.2, 0) is 4.79 Å². The number of rotatable bonds is 5. The lowest BCUT2D eigenvalue weighted by Gasteiger charge is -2.31. The fourth-order valence-electron chi connectivity index (χ4n) is 3.42. The molecule has 1 fully saturated rings. The van der Waals surface area contributed by atoms with Crippen molar-refractivity contribution in [1.82, 2.24) is 15.0 Å². The van der Waals surface area contributed by atoms with Gasteiger partial charge in [-0.25, -0.2) is 15.0 Å². The number of halogens is 1. The smallest absolute Gasteiger partial charge is 0.256 e. The molecule has 31 heavy (non-hydrogen) atoms. The highest BCUT2D eigenvalue weighted by atomic mass is 79.9. The zero-order chi connectivity index (χ0) is 21.6. The van der Waals surface area contributed by atoms with E-state index in [0.29, 0.717) is 23.0 Å². The lowest BCUT2D eigenvalue weighted by atomic mass is 9.96. The Kier molecular flexibility index (Phi) is 6.51. The van der Waals surface area contributed by atoms with E-state index in [2.05, 4.69) is 46.4 Å². The van der Waals surface area contributed by atoms with E-state index in [0.717, 1.165) is 30.4 Å². The molecule has 2 N–H and O–H groups in total. The van der Waals surface area contributed by atoms with Gasteiger partial charge in [0.2, 0.25) is 11.9 Å². The van der Waals surface area contributed by atoms with Crippen LogP contribution in [0.2, 0.25) is 0 Å². The van der Waals surface area contributed by atoms with E-state index in [4.69, 9.17) is 0 Å². The Balaban J connectivity index is 1.33. The van der Waals surface area contributed by atoms with Gasteiger partial charge in [-0.15, -0.1) is 0 Å². The molecule has 8 nitrogen and oxygen atoms in total. The van der Waals surface area contributed by atoms with Gasteiger partial charge in [0.15, 0.2) is 0 Å². The van der Waals surface area contributed by atoms with Gasteiger partial charge in [-0.3, -0.25) is 9.59 Å². The zero-order valence-electron chi connectivity index (χ0n) is 16.7. The first-order chi connectivity index (χ1) is 15.1. The molecule has 158 valence electrons. The Morgan fingerprint density at radius 1 is 0.968 bits per heavy atom. The highest BCUT2D eigenvalue weighted by Crippen LogP contribution is 2.22. The molecule has 2 amide bonds. The van der Waals surface area contributed by atoms with E-state index in [-0.39, 0.29) is 17.7 Å². The van der Waals surface area contributed by atoms with Crippen molar-refractivity contribution < 1.29 is 9.59 Å². The van der Waals surface area contributed by atoms with Crippen molar-refractivity contribution in [2.45, 2.75) is 12.8 Å². The van der Waals surface area contributed by atoms with Crippen molar-refractivity contribution in [3.05, 3.63) is 71.1 Å². The summed E-state index contributed by atoms with van der Waals surface area (Å²) in [6.45, 7) is 1.45. The minimum absolute atomic E-state index is 0.0410. The topological polar surface area (TPSA) is 100 Å². The van der Waals surface area contributed by atoms with Crippen molar-refractivity contribution in [2.75, 3.05) is 28.6 Å².